The van der Waals surface area contributed by atoms with E-state index in [9.17, 15) is 8.78 Å². The van der Waals surface area contributed by atoms with E-state index in [0.29, 0.717) is 9.26 Å². The Kier molecular flexibility index (Phi) is 3.37. The van der Waals surface area contributed by atoms with Gasteiger partial charge in [0.1, 0.15) is 0 Å². The normalized spacial score (nSPS) is 10.8. The van der Waals surface area contributed by atoms with Crippen LogP contribution in [0.2, 0.25) is 0 Å². The van der Waals surface area contributed by atoms with Gasteiger partial charge in [0.2, 0.25) is 0 Å². The van der Waals surface area contributed by atoms with Crippen LogP contribution in [0, 0.1) is 3.57 Å². The quantitative estimate of drug-likeness (QED) is 0.816. The van der Waals surface area contributed by atoms with Crippen LogP contribution >= 0.6 is 22.6 Å². The predicted octanol–water partition coefficient (Wildman–Crippen LogP) is 1.66. The van der Waals surface area contributed by atoms with E-state index in [1.165, 1.54) is 6.20 Å². The van der Waals surface area contributed by atoms with E-state index in [4.69, 9.17) is 11.5 Å². The van der Waals surface area contributed by atoms with Gasteiger partial charge in [-0.2, -0.15) is 0 Å². The van der Waals surface area contributed by atoms with Crippen molar-refractivity contribution in [2.24, 2.45) is 5.73 Å². The van der Waals surface area contributed by atoms with Crippen LogP contribution in [0.25, 0.3) is 0 Å². The van der Waals surface area contributed by atoms with Gasteiger partial charge in [0, 0.05) is 16.3 Å². The first kappa shape index (κ1) is 10.6. The zero-order valence-corrected chi connectivity index (χ0v) is 8.76. The highest BCUT2D eigenvalue weighted by Gasteiger charge is 2.18. The molecular weight excluding hydrogens is 291 g/mol. The van der Waals surface area contributed by atoms with Crippen molar-refractivity contribution in [2.75, 3.05) is 5.73 Å². The number of aromatic nitrogens is 1. The second-order valence-corrected chi connectivity index (χ2v) is 3.55. The molecule has 6 heteroatoms. The molecule has 0 aromatic carbocycles. The fraction of sp³-hybridized carbons (Fsp3) is 0.286. The average Bonchev–Trinajstić information content (AvgIpc) is 2.04. The maximum atomic E-state index is 12.5. The van der Waals surface area contributed by atoms with Crippen LogP contribution in [0.3, 0.4) is 0 Å². The molecule has 72 valence electrons. The third-order valence-electron chi connectivity index (χ3n) is 1.60. The maximum absolute atomic E-state index is 12.5. The fourth-order valence-electron chi connectivity index (χ4n) is 0.942. The smallest absolute Gasteiger partial charge is 0.266 e. The van der Waals surface area contributed by atoms with Crippen LogP contribution in [-0.4, -0.2) is 4.98 Å². The zero-order valence-electron chi connectivity index (χ0n) is 6.60. The van der Waals surface area contributed by atoms with Crippen LogP contribution in [-0.2, 0) is 6.54 Å². The monoisotopic (exact) mass is 299 g/mol. The Hall–Kier alpha value is -0.500. The molecule has 1 aromatic heterocycles. The Labute approximate surface area is 87.7 Å². The lowest BCUT2D eigenvalue weighted by atomic mass is 10.2. The molecule has 0 aliphatic carbocycles. The molecule has 0 radical (unpaired) electrons. The summed E-state index contributed by atoms with van der Waals surface area (Å²) in [5.74, 6) is 0. The first-order chi connectivity index (χ1) is 6.07. The number of nitrogens with two attached hydrogens (primary N) is 2. The van der Waals surface area contributed by atoms with E-state index in [1.54, 1.807) is 22.6 Å². The molecule has 0 aliphatic rings. The van der Waals surface area contributed by atoms with Crippen molar-refractivity contribution in [3.63, 3.8) is 0 Å². The molecule has 4 N–H and O–H groups in total. The van der Waals surface area contributed by atoms with Gasteiger partial charge in [-0.15, -0.1) is 0 Å². The Balaban J connectivity index is 3.30. The van der Waals surface area contributed by atoms with E-state index in [2.05, 4.69) is 4.98 Å². The van der Waals surface area contributed by atoms with E-state index >= 15 is 0 Å². The molecule has 13 heavy (non-hydrogen) atoms. The molecule has 0 amide bonds. The molecule has 1 rings (SSSR count). The number of hydrogen-bond donors (Lipinski definition) is 2. The number of nitrogens with zero attached hydrogens (tertiary/aromatic N) is 1. The van der Waals surface area contributed by atoms with Gasteiger partial charge >= 0.3 is 0 Å². The molecule has 1 aromatic rings. The van der Waals surface area contributed by atoms with E-state index < -0.39 is 6.43 Å². The number of hydrogen-bond acceptors (Lipinski definition) is 3. The first-order valence-electron chi connectivity index (χ1n) is 3.49. The van der Waals surface area contributed by atoms with Gasteiger partial charge in [-0.25, -0.2) is 8.78 Å². The van der Waals surface area contributed by atoms with Crippen molar-refractivity contribution in [3.05, 3.63) is 21.0 Å². The molecule has 1 heterocycles. The number of rotatable bonds is 2. The molecule has 0 aliphatic heterocycles. The van der Waals surface area contributed by atoms with Crippen molar-refractivity contribution >= 4 is 28.3 Å². The molecule has 0 saturated heterocycles. The molecule has 0 bridgehead atoms. The minimum Gasteiger partial charge on any atom is -0.397 e. The summed E-state index contributed by atoms with van der Waals surface area (Å²) in [4.78, 5) is 3.85. The summed E-state index contributed by atoms with van der Waals surface area (Å²) in [7, 11) is 0. The van der Waals surface area contributed by atoms with Crippen molar-refractivity contribution in [1.82, 2.24) is 4.98 Å². The van der Waals surface area contributed by atoms with E-state index in [-0.39, 0.29) is 17.8 Å². The van der Waals surface area contributed by atoms with Crippen molar-refractivity contribution < 1.29 is 8.78 Å². The van der Waals surface area contributed by atoms with Crippen LogP contribution in [0.1, 0.15) is 17.7 Å². The summed E-state index contributed by atoms with van der Waals surface area (Å²) < 4.78 is 25.3. The highest BCUT2D eigenvalue weighted by molar-refractivity contribution is 14.1. The van der Waals surface area contributed by atoms with Gasteiger partial charge in [-0.1, -0.05) is 0 Å². The summed E-state index contributed by atoms with van der Waals surface area (Å²) >= 11 is 1.77. The molecule has 3 nitrogen and oxygen atoms in total. The van der Waals surface area contributed by atoms with Gasteiger partial charge < -0.3 is 11.5 Å². The van der Waals surface area contributed by atoms with Gasteiger partial charge in [-0.05, 0) is 22.6 Å². The van der Waals surface area contributed by atoms with Crippen molar-refractivity contribution in [2.45, 2.75) is 13.0 Å². The van der Waals surface area contributed by atoms with Crippen LogP contribution in [0.15, 0.2) is 6.20 Å². The minimum atomic E-state index is -2.58. The maximum Gasteiger partial charge on any atom is 0.266 e. The minimum absolute atomic E-state index is 0.00407. The topological polar surface area (TPSA) is 64.9 Å². The van der Waals surface area contributed by atoms with E-state index in [1.807, 2.05) is 0 Å². The highest BCUT2D eigenvalue weighted by atomic mass is 127. The molecule has 0 unspecified atom stereocenters. The van der Waals surface area contributed by atoms with Crippen LogP contribution in [0.5, 0.6) is 0 Å². The Morgan fingerprint density at radius 1 is 1.54 bits per heavy atom. The summed E-state index contributed by atoms with van der Waals surface area (Å²) in [5, 5.41) is 0. The van der Waals surface area contributed by atoms with Crippen molar-refractivity contribution in [1.29, 1.82) is 0 Å². The second-order valence-electron chi connectivity index (χ2n) is 2.39. The lowest BCUT2D eigenvalue weighted by molar-refractivity contribution is 0.151. The molecule has 0 saturated carbocycles. The van der Waals surface area contributed by atoms with Crippen LogP contribution < -0.4 is 11.5 Å². The number of anilines is 1. The summed E-state index contributed by atoms with van der Waals surface area (Å²) in [5.41, 5.74) is 10.9. The SMILES string of the molecule is NCc1ncc(I)c(C(F)F)c1N. The Morgan fingerprint density at radius 3 is 2.62 bits per heavy atom. The summed E-state index contributed by atoms with van der Waals surface area (Å²) in [6.45, 7) is 0.0719. The third-order valence-corrected chi connectivity index (χ3v) is 2.46. The number of halogens is 3. The Morgan fingerprint density at radius 2 is 2.15 bits per heavy atom. The predicted molar refractivity (Wildman–Crippen MR) is 54.2 cm³/mol. The zero-order chi connectivity index (χ0) is 10.0. The lowest BCUT2D eigenvalue weighted by Gasteiger charge is -2.09. The second kappa shape index (κ2) is 4.14. The summed E-state index contributed by atoms with van der Waals surface area (Å²) in [6.07, 6.45) is -1.24. The molecule has 0 fully saturated rings. The first-order valence-corrected chi connectivity index (χ1v) is 4.56. The van der Waals surface area contributed by atoms with Gasteiger partial charge in [0.05, 0.1) is 16.9 Å². The number of nitrogen functional groups attached to an aromatic ring is 1. The standard InChI is InChI=1S/C7H8F2IN3/c8-7(9)5-3(10)2-13-4(1-11)6(5)12/h2,7H,1,11-12H2. The van der Waals surface area contributed by atoms with Crippen LogP contribution in [0.4, 0.5) is 14.5 Å². The molecule has 0 spiro atoms. The average molecular weight is 299 g/mol. The Bertz CT molecular complexity index is 317. The molecular formula is C7H8F2IN3. The van der Waals surface area contributed by atoms with Gasteiger partial charge in [0.15, 0.2) is 0 Å². The fourth-order valence-corrected chi connectivity index (χ4v) is 1.61. The number of alkyl halides is 2. The lowest BCUT2D eigenvalue weighted by Crippen LogP contribution is -2.09. The summed E-state index contributed by atoms with van der Waals surface area (Å²) in [6, 6.07) is 0. The van der Waals surface area contributed by atoms with Gasteiger partial charge in [0.25, 0.3) is 6.43 Å². The largest absolute Gasteiger partial charge is 0.397 e. The number of pyridine rings is 1. The third kappa shape index (κ3) is 2.05. The van der Waals surface area contributed by atoms with E-state index in [0.717, 1.165) is 0 Å². The highest BCUT2D eigenvalue weighted by Crippen LogP contribution is 2.30. The van der Waals surface area contributed by atoms with Gasteiger partial charge in [-0.3, -0.25) is 4.98 Å². The molecule has 0 atom stereocenters. The van der Waals surface area contributed by atoms with Crippen molar-refractivity contribution in [3.8, 4) is 0 Å².